The molecular weight excluding hydrogens is 274 g/mol. The molecule has 0 aliphatic heterocycles. The van der Waals surface area contributed by atoms with E-state index in [2.05, 4.69) is 58.7 Å². The van der Waals surface area contributed by atoms with E-state index in [-0.39, 0.29) is 0 Å². The molecule has 0 saturated carbocycles. The topological polar surface area (TPSA) is 19.4 Å². The van der Waals surface area contributed by atoms with Gasteiger partial charge in [-0.3, -0.25) is 0 Å². The summed E-state index contributed by atoms with van der Waals surface area (Å²) in [6, 6.07) is 0.489. The summed E-state index contributed by atoms with van der Waals surface area (Å²) in [5.74, 6) is 0. The van der Waals surface area contributed by atoms with Gasteiger partial charge in [-0.15, -0.1) is 11.3 Å². The number of rotatable bonds is 5. The molecular formula is C10H18BrN3S. The van der Waals surface area contributed by atoms with Crippen molar-refractivity contribution < 1.29 is 0 Å². The first-order valence-electron chi connectivity index (χ1n) is 5.07. The van der Waals surface area contributed by atoms with E-state index in [1.807, 2.05) is 5.38 Å². The average Bonchev–Trinajstić information content (AvgIpc) is 2.51. The van der Waals surface area contributed by atoms with Crippen LogP contribution in [-0.2, 0) is 0 Å². The van der Waals surface area contributed by atoms with Gasteiger partial charge in [0.15, 0.2) is 5.13 Å². The fourth-order valence-corrected chi connectivity index (χ4v) is 3.06. The van der Waals surface area contributed by atoms with Crippen molar-refractivity contribution >= 4 is 32.4 Å². The van der Waals surface area contributed by atoms with Crippen LogP contribution in [0, 0.1) is 0 Å². The molecule has 1 aromatic rings. The summed E-state index contributed by atoms with van der Waals surface area (Å²) < 4.78 is 0.929. The maximum atomic E-state index is 4.45. The standard InChI is InChI=1S/C10H18BrN3S/c1-5-14(8(2)6-13(3)4)10-12-9(11)7-15-10/h7-8H,5-6H2,1-4H3. The van der Waals surface area contributed by atoms with E-state index in [4.69, 9.17) is 0 Å². The molecule has 15 heavy (non-hydrogen) atoms. The lowest BCUT2D eigenvalue weighted by Gasteiger charge is -2.29. The molecule has 1 rings (SSSR count). The quantitative estimate of drug-likeness (QED) is 0.832. The second kappa shape index (κ2) is 5.82. The molecule has 0 spiro atoms. The van der Waals surface area contributed by atoms with Gasteiger partial charge < -0.3 is 9.80 Å². The van der Waals surface area contributed by atoms with Crippen molar-refractivity contribution in [3.63, 3.8) is 0 Å². The molecule has 0 aliphatic carbocycles. The highest BCUT2D eigenvalue weighted by atomic mass is 79.9. The Morgan fingerprint density at radius 3 is 2.60 bits per heavy atom. The van der Waals surface area contributed by atoms with Crippen LogP contribution >= 0.6 is 27.3 Å². The fourth-order valence-electron chi connectivity index (χ4n) is 1.64. The van der Waals surface area contributed by atoms with E-state index < -0.39 is 0 Å². The summed E-state index contributed by atoms with van der Waals surface area (Å²) in [6.45, 7) is 6.44. The molecule has 0 aromatic carbocycles. The minimum absolute atomic E-state index is 0.489. The number of likely N-dealkylation sites (N-methyl/N-ethyl adjacent to an activating group) is 2. The third-order valence-corrected chi connectivity index (χ3v) is 3.80. The Morgan fingerprint density at radius 1 is 1.53 bits per heavy atom. The fraction of sp³-hybridized carbons (Fsp3) is 0.700. The van der Waals surface area contributed by atoms with Gasteiger partial charge in [0.1, 0.15) is 4.60 Å². The SMILES string of the molecule is CCN(c1nc(Br)cs1)C(C)CN(C)C. The van der Waals surface area contributed by atoms with Crippen LogP contribution in [0.4, 0.5) is 5.13 Å². The van der Waals surface area contributed by atoms with Crippen LogP contribution in [0.15, 0.2) is 9.98 Å². The van der Waals surface area contributed by atoms with Gasteiger partial charge in [-0.1, -0.05) is 0 Å². The Balaban J connectivity index is 2.70. The summed E-state index contributed by atoms with van der Waals surface area (Å²) in [4.78, 5) is 8.99. The van der Waals surface area contributed by atoms with Crippen molar-refractivity contribution in [1.82, 2.24) is 9.88 Å². The number of aromatic nitrogens is 1. The maximum absolute atomic E-state index is 4.45. The van der Waals surface area contributed by atoms with E-state index in [1.54, 1.807) is 11.3 Å². The van der Waals surface area contributed by atoms with Crippen molar-refractivity contribution in [2.24, 2.45) is 0 Å². The molecule has 0 N–H and O–H groups in total. The van der Waals surface area contributed by atoms with Crippen LogP contribution in [0.2, 0.25) is 0 Å². The van der Waals surface area contributed by atoms with E-state index >= 15 is 0 Å². The Labute approximate surface area is 104 Å². The van der Waals surface area contributed by atoms with Crippen molar-refractivity contribution in [2.45, 2.75) is 19.9 Å². The minimum Gasteiger partial charge on any atom is -0.344 e. The summed E-state index contributed by atoms with van der Waals surface area (Å²) in [5, 5.41) is 3.12. The van der Waals surface area contributed by atoms with Gasteiger partial charge in [-0.2, -0.15) is 0 Å². The average molecular weight is 292 g/mol. The molecule has 0 fully saturated rings. The Kier molecular flexibility index (Phi) is 5.02. The second-order valence-corrected chi connectivity index (χ2v) is 5.50. The summed E-state index contributed by atoms with van der Waals surface area (Å²) in [5.41, 5.74) is 0. The van der Waals surface area contributed by atoms with Crippen LogP contribution in [0.25, 0.3) is 0 Å². The third kappa shape index (κ3) is 3.74. The first-order chi connectivity index (χ1) is 7.04. The highest BCUT2D eigenvalue weighted by molar-refractivity contribution is 9.10. The molecule has 0 aliphatic rings. The van der Waals surface area contributed by atoms with E-state index in [0.717, 1.165) is 22.8 Å². The molecule has 1 unspecified atom stereocenters. The Hall–Kier alpha value is -0.130. The van der Waals surface area contributed by atoms with E-state index in [0.29, 0.717) is 6.04 Å². The van der Waals surface area contributed by atoms with Crippen LogP contribution in [-0.4, -0.2) is 43.1 Å². The predicted octanol–water partition coefficient (Wildman–Crippen LogP) is 2.68. The largest absolute Gasteiger partial charge is 0.344 e. The Bertz CT molecular complexity index is 301. The van der Waals surface area contributed by atoms with Crippen molar-refractivity contribution in [3.05, 3.63) is 9.98 Å². The second-order valence-electron chi connectivity index (χ2n) is 3.85. The van der Waals surface area contributed by atoms with Gasteiger partial charge in [0, 0.05) is 24.5 Å². The van der Waals surface area contributed by atoms with Crippen molar-refractivity contribution in [1.29, 1.82) is 0 Å². The molecule has 0 bridgehead atoms. The minimum atomic E-state index is 0.489. The first-order valence-corrected chi connectivity index (χ1v) is 6.74. The number of nitrogens with zero attached hydrogens (tertiary/aromatic N) is 3. The van der Waals surface area contributed by atoms with Crippen LogP contribution < -0.4 is 4.90 Å². The van der Waals surface area contributed by atoms with E-state index in [9.17, 15) is 0 Å². The summed E-state index contributed by atoms with van der Waals surface area (Å²) in [6.07, 6.45) is 0. The molecule has 1 atom stereocenters. The van der Waals surface area contributed by atoms with Crippen LogP contribution in [0.1, 0.15) is 13.8 Å². The first kappa shape index (κ1) is 12.9. The number of hydrogen-bond donors (Lipinski definition) is 0. The number of halogens is 1. The van der Waals surface area contributed by atoms with Crippen LogP contribution in [0.3, 0.4) is 0 Å². The molecule has 3 nitrogen and oxygen atoms in total. The summed E-state index contributed by atoms with van der Waals surface area (Å²) >= 11 is 5.08. The monoisotopic (exact) mass is 291 g/mol. The maximum Gasteiger partial charge on any atom is 0.186 e. The normalized spacial score (nSPS) is 13.2. The number of thiazole rings is 1. The molecule has 0 amide bonds. The Morgan fingerprint density at radius 2 is 2.20 bits per heavy atom. The molecule has 1 aromatic heterocycles. The third-order valence-electron chi connectivity index (χ3n) is 2.21. The molecule has 86 valence electrons. The zero-order chi connectivity index (χ0) is 11.4. The van der Waals surface area contributed by atoms with Crippen molar-refractivity contribution in [3.8, 4) is 0 Å². The smallest absolute Gasteiger partial charge is 0.186 e. The van der Waals surface area contributed by atoms with Gasteiger partial charge in [-0.05, 0) is 43.9 Å². The van der Waals surface area contributed by atoms with Gasteiger partial charge in [0.2, 0.25) is 0 Å². The van der Waals surface area contributed by atoms with Gasteiger partial charge >= 0.3 is 0 Å². The predicted molar refractivity (Wildman–Crippen MR) is 70.9 cm³/mol. The molecule has 0 radical (unpaired) electrons. The summed E-state index contributed by atoms with van der Waals surface area (Å²) in [7, 11) is 4.20. The van der Waals surface area contributed by atoms with Gasteiger partial charge in [0.05, 0.1) is 0 Å². The molecule has 5 heteroatoms. The van der Waals surface area contributed by atoms with Crippen molar-refractivity contribution in [2.75, 3.05) is 32.1 Å². The van der Waals surface area contributed by atoms with Crippen LogP contribution in [0.5, 0.6) is 0 Å². The van der Waals surface area contributed by atoms with E-state index in [1.165, 1.54) is 0 Å². The molecule has 1 heterocycles. The number of anilines is 1. The highest BCUT2D eigenvalue weighted by Gasteiger charge is 2.16. The van der Waals surface area contributed by atoms with Gasteiger partial charge in [0.25, 0.3) is 0 Å². The lowest BCUT2D eigenvalue weighted by molar-refractivity contribution is 0.373. The zero-order valence-corrected chi connectivity index (χ0v) is 12.1. The number of hydrogen-bond acceptors (Lipinski definition) is 4. The molecule has 0 saturated heterocycles. The van der Waals surface area contributed by atoms with Gasteiger partial charge in [-0.25, -0.2) is 4.98 Å². The zero-order valence-electron chi connectivity index (χ0n) is 9.70. The highest BCUT2D eigenvalue weighted by Crippen LogP contribution is 2.25. The lowest BCUT2D eigenvalue weighted by atomic mass is 10.3. The lowest BCUT2D eigenvalue weighted by Crippen LogP contribution is -2.40.